The highest BCUT2D eigenvalue weighted by Gasteiger charge is 1.87. The molecule has 0 spiro atoms. The Morgan fingerprint density at radius 3 is 1.67 bits per heavy atom. The van der Waals surface area contributed by atoms with Gasteiger partial charge in [0.15, 0.2) is 0 Å². The summed E-state index contributed by atoms with van der Waals surface area (Å²) in [7, 11) is 3.85. The highest BCUT2D eigenvalue weighted by Crippen LogP contribution is 2.24. The minimum absolute atomic E-state index is 1.20. The van der Waals surface area contributed by atoms with Gasteiger partial charge >= 0.3 is 0 Å². The fourth-order valence-corrected chi connectivity index (χ4v) is 1.98. The van der Waals surface area contributed by atoms with E-state index in [-0.39, 0.29) is 0 Å². The summed E-state index contributed by atoms with van der Waals surface area (Å²) in [4.78, 5) is 0. The van der Waals surface area contributed by atoms with Crippen molar-refractivity contribution in [2.45, 2.75) is 0 Å². The van der Waals surface area contributed by atoms with E-state index in [0.29, 0.717) is 0 Å². The molecule has 0 unspecified atom stereocenters. The molecule has 1 rings (SSSR count). The maximum atomic E-state index is 2.21. The second kappa shape index (κ2) is 2.59. The van der Waals surface area contributed by atoms with Gasteiger partial charge in [-0.05, 0) is 0 Å². The maximum absolute atomic E-state index is 2.21. The fourth-order valence-electron chi connectivity index (χ4n) is 0.311. The van der Waals surface area contributed by atoms with Crippen molar-refractivity contribution < 1.29 is 0 Å². The third-order valence-corrected chi connectivity index (χ3v) is 2.72. The van der Waals surface area contributed by atoms with Crippen LogP contribution in [0.2, 0.25) is 0 Å². The Hall–Kier alpha value is 0.440. The van der Waals surface area contributed by atoms with Crippen LogP contribution in [0.25, 0.3) is 0 Å². The van der Waals surface area contributed by atoms with Crippen molar-refractivity contribution in [1.82, 2.24) is 0 Å². The van der Waals surface area contributed by atoms with Crippen LogP contribution in [-0.4, -0.2) is 11.5 Å². The van der Waals surface area contributed by atoms with Gasteiger partial charge in [0.25, 0.3) is 0 Å². The zero-order valence-electron chi connectivity index (χ0n) is 3.39. The van der Waals surface area contributed by atoms with Gasteiger partial charge in [0, 0.05) is 11.5 Å². The highest BCUT2D eigenvalue weighted by atomic mass is 33.1. The van der Waals surface area contributed by atoms with Gasteiger partial charge in [-0.3, -0.25) is 0 Å². The summed E-state index contributed by atoms with van der Waals surface area (Å²) >= 11 is 0. The zero-order chi connectivity index (χ0) is 4.24. The zero-order valence-corrected chi connectivity index (χ0v) is 5.02. The van der Waals surface area contributed by atoms with Crippen molar-refractivity contribution in [2.24, 2.45) is 0 Å². The van der Waals surface area contributed by atoms with E-state index in [0.717, 1.165) is 0 Å². The molecule has 0 nitrogen and oxygen atoms in total. The van der Waals surface area contributed by atoms with Crippen LogP contribution < -0.4 is 0 Å². The molecular weight excluding hydrogens is 112 g/mol. The first-order valence-corrected chi connectivity index (χ1v) is 4.38. The monoisotopic (exact) mass is 118 g/mol. The Morgan fingerprint density at radius 2 is 1.50 bits per heavy atom. The van der Waals surface area contributed by atoms with Gasteiger partial charge in [-0.25, -0.2) is 0 Å². The number of hydrogen-bond acceptors (Lipinski definition) is 2. The molecular formula is C4H6S2. The van der Waals surface area contributed by atoms with Gasteiger partial charge in [0.1, 0.15) is 0 Å². The van der Waals surface area contributed by atoms with Crippen molar-refractivity contribution in [3.63, 3.8) is 0 Å². The predicted molar refractivity (Wildman–Crippen MR) is 34.1 cm³/mol. The first kappa shape index (κ1) is 4.60. The molecule has 0 aliphatic carbocycles. The quantitative estimate of drug-likeness (QED) is 0.352. The van der Waals surface area contributed by atoms with E-state index in [9.17, 15) is 0 Å². The molecule has 0 bridgehead atoms. The average Bonchev–Trinajstić information content (AvgIpc) is 1.72. The first-order valence-electron chi connectivity index (χ1n) is 1.89. The Bertz CT molecular complexity index is 50.6. The van der Waals surface area contributed by atoms with Crippen molar-refractivity contribution >= 4 is 21.6 Å². The van der Waals surface area contributed by atoms with Crippen LogP contribution in [0, 0.1) is 0 Å². The molecule has 0 saturated carbocycles. The van der Waals surface area contributed by atoms with Crippen molar-refractivity contribution in [2.75, 3.05) is 11.5 Å². The summed E-state index contributed by atoms with van der Waals surface area (Å²) in [6.45, 7) is 0. The topological polar surface area (TPSA) is 0 Å². The maximum Gasteiger partial charge on any atom is 0.0218 e. The minimum Gasteiger partial charge on any atom is -0.0897 e. The van der Waals surface area contributed by atoms with Crippen molar-refractivity contribution in [1.29, 1.82) is 0 Å². The van der Waals surface area contributed by atoms with Gasteiger partial charge in [-0.2, -0.15) is 0 Å². The first-order chi connectivity index (χ1) is 3.00. The lowest BCUT2D eigenvalue weighted by molar-refractivity contribution is 1.67. The number of hydrogen-bond donors (Lipinski definition) is 0. The Labute approximate surface area is 45.8 Å². The fraction of sp³-hybridized carbons (Fsp3) is 0.500. The van der Waals surface area contributed by atoms with E-state index in [4.69, 9.17) is 0 Å². The standard InChI is InChI=1S/C4H6S2/c1-2-4-6-5-3-1/h1-2H,3-4H2. The Balaban J connectivity index is 2.26. The van der Waals surface area contributed by atoms with Crippen LogP contribution >= 0.6 is 21.6 Å². The van der Waals surface area contributed by atoms with Gasteiger partial charge in [0.2, 0.25) is 0 Å². The molecule has 0 aromatic rings. The average molecular weight is 118 g/mol. The molecule has 0 aromatic heterocycles. The van der Waals surface area contributed by atoms with E-state index >= 15 is 0 Å². The lowest BCUT2D eigenvalue weighted by atomic mass is 10.6. The van der Waals surface area contributed by atoms with E-state index in [1.54, 1.807) is 0 Å². The normalized spacial score (nSPS) is 21.3. The molecule has 1 heterocycles. The molecule has 0 saturated heterocycles. The number of rotatable bonds is 0. The minimum atomic E-state index is 1.20. The SMILES string of the molecule is C1=CCSSC1. The smallest absolute Gasteiger partial charge is 0.0218 e. The summed E-state index contributed by atoms with van der Waals surface area (Å²) in [5, 5.41) is 0. The third-order valence-electron chi connectivity index (χ3n) is 0.579. The molecule has 0 fully saturated rings. The van der Waals surface area contributed by atoms with Gasteiger partial charge in [0.05, 0.1) is 0 Å². The van der Waals surface area contributed by atoms with Gasteiger partial charge in [-0.1, -0.05) is 33.7 Å². The molecule has 0 amide bonds. The second-order valence-corrected chi connectivity index (χ2v) is 3.59. The Morgan fingerprint density at radius 1 is 1.00 bits per heavy atom. The summed E-state index contributed by atoms with van der Waals surface area (Å²) in [5.74, 6) is 2.40. The van der Waals surface area contributed by atoms with E-state index in [1.165, 1.54) is 11.5 Å². The molecule has 0 atom stereocenters. The van der Waals surface area contributed by atoms with Crippen LogP contribution in [0.4, 0.5) is 0 Å². The summed E-state index contributed by atoms with van der Waals surface area (Å²) in [5.41, 5.74) is 0. The molecule has 2 heteroatoms. The van der Waals surface area contributed by atoms with Crippen LogP contribution in [-0.2, 0) is 0 Å². The highest BCUT2D eigenvalue weighted by molar-refractivity contribution is 8.76. The predicted octanol–water partition coefficient (Wildman–Crippen LogP) is 1.94. The van der Waals surface area contributed by atoms with Crippen LogP contribution in [0.3, 0.4) is 0 Å². The lowest BCUT2D eigenvalue weighted by Gasteiger charge is -1.96. The van der Waals surface area contributed by atoms with Crippen LogP contribution in [0.15, 0.2) is 12.2 Å². The van der Waals surface area contributed by atoms with Crippen LogP contribution in [0.5, 0.6) is 0 Å². The van der Waals surface area contributed by atoms with Crippen molar-refractivity contribution in [3.05, 3.63) is 12.2 Å². The molecule has 0 aromatic carbocycles. The van der Waals surface area contributed by atoms with Crippen LogP contribution in [0.1, 0.15) is 0 Å². The second-order valence-electron chi connectivity index (χ2n) is 1.04. The molecule has 0 N–H and O–H groups in total. The molecule has 1 aliphatic heterocycles. The Kier molecular flexibility index (Phi) is 1.98. The van der Waals surface area contributed by atoms with E-state index in [2.05, 4.69) is 12.2 Å². The van der Waals surface area contributed by atoms with E-state index in [1.807, 2.05) is 21.6 Å². The molecule has 1 aliphatic rings. The summed E-state index contributed by atoms with van der Waals surface area (Å²) in [6.07, 6.45) is 4.42. The van der Waals surface area contributed by atoms with Gasteiger partial charge in [-0.15, -0.1) is 0 Å². The summed E-state index contributed by atoms with van der Waals surface area (Å²) in [6, 6.07) is 0. The lowest BCUT2D eigenvalue weighted by Crippen LogP contribution is -1.75. The summed E-state index contributed by atoms with van der Waals surface area (Å²) < 4.78 is 0. The molecule has 34 valence electrons. The molecule has 0 radical (unpaired) electrons. The van der Waals surface area contributed by atoms with Gasteiger partial charge < -0.3 is 0 Å². The van der Waals surface area contributed by atoms with E-state index < -0.39 is 0 Å². The van der Waals surface area contributed by atoms with Crippen molar-refractivity contribution in [3.8, 4) is 0 Å². The largest absolute Gasteiger partial charge is 0.0897 e. The molecule has 6 heavy (non-hydrogen) atoms. The third kappa shape index (κ3) is 1.27.